The van der Waals surface area contributed by atoms with E-state index in [1.54, 1.807) is 6.20 Å². The number of anilines is 1. The van der Waals surface area contributed by atoms with E-state index < -0.39 is 0 Å². The van der Waals surface area contributed by atoms with Crippen LogP contribution in [0.1, 0.15) is 17.8 Å². The zero-order valence-electron chi connectivity index (χ0n) is 12.1. The van der Waals surface area contributed by atoms with Crippen LogP contribution in [0.2, 0.25) is 0 Å². The van der Waals surface area contributed by atoms with E-state index in [4.69, 9.17) is 0 Å². The lowest BCUT2D eigenvalue weighted by molar-refractivity contribution is -0.119. The topological polar surface area (TPSA) is 79.8 Å². The van der Waals surface area contributed by atoms with E-state index in [1.165, 1.54) is 0 Å². The van der Waals surface area contributed by atoms with Gasteiger partial charge in [-0.1, -0.05) is 0 Å². The Morgan fingerprint density at radius 1 is 1.24 bits per heavy atom. The lowest BCUT2D eigenvalue weighted by atomic mass is 10.1. The van der Waals surface area contributed by atoms with Gasteiger partial charge >= 0.3 is 0 Å². The van der Waals surface area contributed by atoms with Gasteiger partial charge in [0.2, 0.25) is 11.9 Å². The summed E-state index contributed by atoms with van der Waals surface area (Å²) >= 11 is 0. The summed E-state index contributed by atoms with van der Waals surface area (Å²) in [6.45, 7) is 4.61. The van der Waals surface area contributed by atoms with Crippen molar-refractivity contribution in [2.45, 2.75) is 26.3 Å². The molecule has 2 aromatic rings. The summed E-state index contributed by atoms with van der Waals surface area (Å²) in [5.41, 5.74) is 3.68. The maximum Gasteiger partial charge on any atom is 0.242 e. The Morgan fingerprint density at radius 3 is 2.81 bits per heavy atom. The molecule has 3 rings (SSSR count). The molecule has 0 radical (unpaired) electrons. The average molecular weight is 283 g/mol. The molecule has 2 aromatic heterocycles. The number of carbonyl (C=O) groups is 1. The molecule has 0 unspecified atom stereocenters. The third-order valence-electron chi connectivity index (χ3n) is 3.51. The molecule has 1 aliphatic rings. The molecule has 21 heavy (non-hydrogen) atoms. The quantitative estimate of drug-likeness (QED) is 0.891. The summed E-state index contributed by atoms with van der Waals surface area (Å²) in [6.07, 6.45) is 2.44. The van der Waals surface area contributed by atoms with E-state index in [0.29, 0.717) is 12.5 Å². The fourth-order valence-electron chi connectivity index (χ4n) is 2.42. The van der Waals surface area contributed by atoms with Gasteiger partial charge in [-0.15, -0.1) is 0 Å². The zero-order valence-corrected chi connectivity index (χ0v) is 12.1. The summed E-state index contributed by atoms with van der Waals surface area (Å²) < 4.78 is 0. The maximum absolute atomic E-state index is 11.6. The third kappa shape index (κ3) is 2.84. The van der Waals surface area contributed by atoms with Crippen LogP contribution in [0, 0.1) is 13.8 Å². The number of nitrogens with zero attached hydrogens (tertiary/aromatic N) is 3. The van der Waals surface area contributed by atoms with Crippen molar-refractivity contribution in [2.75, 3.05) is 11.9 Å². The molecule has 3 heterocycles. The number of rotatable bonds is 3. The fourth-order valence-corrected chi connectivity index (χ4v) is 2.42. The Kier molecular flexibility index (Phi) is 3.51. The van der Waals surface area contributed by atoms with Crippen LogP contribution < -0.4 is 10.6 Å². The normalized spacial score (nSPS) is 17.6. The third-order valence-corrected chi connectivity index (χ3v) is 3.51. The molecular weight excluding hydrogens is 266 g/mol. The molecule has 0 aliphatic carbocycles. The van der Waals surface area contributed by atoms with Gasteiger partial charge in [-0.2, -0.15) is 0 Å². The van der Waals surface area contributed by atoms with Crippen LogP contribution in [0.3, 0.4) is 0 Å². The minimum absolute atomic E-state index is 0.00261. The van der Waals surface area contributed by atoms with E-state index >= 15 is 0 Å². The van der Waals surface area contributed by atoms with Gasteiger partial charge in [0.1, 0.15) is 6.04 Å². The zero-order chi connectivity index (χ0) is 14.8. The lowest BCUT2D eigenvalue weighted by Crippen LogP contribution is -2.30. The number of hydrogen-bond donors (Lipinski definition) is 2. The molecule has 1 fully saturated rings. The highest BCUT2D eigenvalue weighted by atomic mass is 16.2. The molecule has 1 amide bonds. The van der Waals surface area contributed by atoms with Gasteiger partial charge < -0.3 is 10.6 Å². The van der Waals surface area contributed by atoms with Crippen molar-refractivity contribution in [1.82, 2.24) is 20.3 Å². The highest BCUT2D eigenvalue weighted by Crippen LogP contribution is 2.21. The standard InChI is InChI=1S/C15H17N5O/c1-9-3-4-11(10(2)18-9)12-5-8-17-15(19-12)20-13-6-7-16-14(13)21/h3-5,8,13H,6-7H2,1-2H3,(H,16,21)(H,17,19,20)/t13-/m0/s1. The van der Waals surface area contributed by atoms with Gasteiger partial charge in [0.15, 0.2) is 0 Å². The Bertz CT molecular complexity index is 686. The summed E-state index contributed by atoms with van der Waals surface area (Å²) in [5.74, 6) is 0.465. The van der Waals surface area contributed by atoms with Crippen molar-refractivity contribution in [1.29, 1.82) is 0 Å². The van der Waals surface area contributed by atoms with Crippen molar-refractivity contribution in [3.63, 3.8) is 0 Å². The second-order valence-corrected chi connectivity index (χ2v) is 5.13. The number of aryl methyl sites for hydroxylation is 2. The van der Waals surface area contributed by atoms with E-state index in [1.807, 2.05) is 32.0 Å². The molecule has 0 bridgehead atoms. The number of aromatic nitrogens is 3. The molecule has 1 aliphatic heterocycles. The molecule has 1 atom stereocenters. The summed E-state index contributed by atoms with van der Waals surface area (Å²) in [5, 5.41) is 5.86. The number of amides is 1. The Labute approximate surface area is 123 Å². The first kappa shape index (κ1) is 13.5. The van der Waals surface area contributed by atoms with Crippen LogP contribution in [0.4, 0.5) is 5.95 Å². The van der Waals surface area contributed by atoms with Crippen molar-refractivity contribution < 1.29 is 4.79 Å². The van der Waals surface area contributed by atoms with E-state index in [9.17, 15) is 4.79 Å². The van der Waals surface area contributed by atoms with Crippen molar-refractivity contribution in [2.24, 2.45) is 0 Å². The molecule has 1 saturated heterocycles. The Balaban J connectivity index is 1.87. The molecular formula is C15H17N5O. The number of nitrogens with one attached hydrogen (secondary N) is 2. The van der Waals surface area contributed by atoms with Crippen LogP contribution in [0.5, 0.6) is 0 Å². The summed E-state index contributed by atoms with van der Waals surface area (Å²) in [7, 11) is 0. The largest absolute Gasteiger partial charge is 0.354 e. The highest BCUT2D eigenvalue weighted by molar-refractivity contribution is 5.86. The maximum atomic E-state index is 11.6. The van der Waals surface area contributed by atoms with Crippen molar-refractivity contribution in [3.8, 4) is 11.3 Å². The van der Waals surface area contributed by atoms with Gasteiger partial charge in [-0.3, -0.25) is 9.78 Å². The number of carbonyl (C=O) groups excluding carboxylic acids is 1. The minimum atomic E-state index is -0.252. The van der Waals surface area contributed by atoms with Crippen LogP contribution in [-0.4, -0.2) is 33.4 Å². The minimum Gasteiger partial charge on any atom is -0.354 e. The van der Waals surface area contributed by atoms with Crippen molar-refractivity contribution in [3.05, 3.63) is 35.8 Å². The second kappa shape index (κ2) is 5.47. The lowest BCUT2D eigenvalue weighted by Gasteiger charge is -2.11. The fraction of sp³-hybridized carbons (Fsp3) is 0.333. The van der Waals surface area contributed by atoms with Gasteiger partial charge in [0.05, 0.1) is 5.69 Å². The van der Waals surface area contributed by atoms with Crippen LogP contribution >= 0.6 is 0 Å². The first-order valence-electron chi connectivity index (χ1n) is 6.95. The van der Waals surface area contributed by atoms with Gasteiger partial charge in [0, 0.05) is 29.7 Å². The van der Waals surface area contributed by atoms with Gasteiger partial charge in [-0.05, 0) is 38.5 Å². The monoisotopic (exact) mass is 283 g/mol. The van der Waals surface area contributed by atoms with Crippen LogP contribution in [0.15, 0.2) is 24.4 Å². The van der Waals surface area contributed by atoms with E-state index in [-0.39, 0.29) is 11.9 Å². The molecule has 6 heteroatoms. The second-order valence-electron chi connectivity index (χ2n) is 5.13. The number of pyridine rings is 1. The van der Waals surface area contributed by atoms with Gasteiger partial charge in [0.25, 0.3) is 0 Å². The predicted octanol–water partition coefficient (Wildman–Crippen LogP) is 1.46. The van der Waals surface area contributed by atoms with Crippen molar-refractivity contribution >= 4 is 11.9 Å². The molecule has 6 nitrogen and oxygen atoms in total. The molecule has 2 N–H and O–H groups in total. The van der Waals surface area contributed by atoms with E-state index in [0.717, 1.165) is 29.1 Å². The smallest absolute Gasteiger partial charge is 0.242 e. The molecule has 108 valence electrons. The predicted molar refractivity (Wildman–Crippen MR) is 79.8 cm³/mol. The van der Waals surface area contributed by atoms with Crippen LogP contribution in [0.25, 0.3) is 11.3 Å². The Morgan fingerprint density at radius 2 is 2.10 bits per heavy atom. The van der Waals surface area contributed by atoms with Gasteiger partial charge in [-0.25, -0.2) is 9.97 Å². The summed E-state index contributed by atoms with van der Waals surface area (Å²) in [6, 6.07) is 5.56. The molecule has 0 aromatic carbocycles. The highest BCUT2D eigenvalue weighted by Gasteiger charge is 2.24. The van der Waals surface area contributed by atoms with E-state index in [2.05, 4.69) is 25.6 Å². The Hall–Kier alpha value is -2.50. The molecule has 0 saturated carbocycles. The summed E-state index contributed by atoms with van der Waals surface area (Å²) in [4.78, 5) is 24.7. The van der Waals surface area contributed by atoms with Crippen LogP contribution in [-0.2, 0) is 4.79 Å². The SMILES string of the molecule is Cc1ccc(-c2ccnc(N[C@H]3CCNC3=O)n2)c(C)n1. The average Bonchev–Trinajstić information content (AvgIpc) is 2.84. The number of hydrogen-bond acceptors (Lipinski definition) is 5. The molecule has 0 spiro atoms. The first-order valence-corrected chi connectivity index (χ1v) is 6.95. The first-order chi connectivity index (χ1) is 10.1.